The Labute approximate surface area is 143 Å². The van der Waals surface area contributed by atoms with Crippen LogP contribution in [0.25, 0.3) is 0 Å². The standard InChI is InChI=1S/C17H24N2O4S/c1-23-15-7-11-18(12-8-15)17(20)14-5-4-6-16(13-14)24(21,22)19-9-2-3-10-19/h4-6,13,15H,2-3,7-12H2,1H3. The van der Waals surface area contributed by atoms with E-state index in [4.69, 9.17) is 4.74 Å². The molecule has 0 aliphatic carbocycles. The number of likely N-dealkylation sites (tertiary alicyclic amines) is 1. The van der Waals surface area contributed by atoms with Crippen LogP contribution < -0.4 is 0 Å². The number of sulfonamides is 1. The van der Waals surface area contributed by atoms with Gasteiger partial charge in [0.15, 0.2) is 0 Å². The molecule has 0 atom stereocenters. The quantitative estimate of drug-likeness (QED) is 0.828. The number of benzene rings is 1. The lowest BCUT2D eigenvalue weighted by atomic mass is 10.1. The van der Waals surface area contributed by atoms with E-state index in [1.165, 1.54) is 10.4 Å². The van der Waals surface area contributed by atoms with Crippen LogP contribution in [0.5, 0.6) is 0 Å². The number of hydrogen-bond donors (Lipinski definition) is 0. The van der Waals surface area contributed by atoms with Crippen molar-refractivity contribution < 1.29 is 17.9 Å². The van der Waals surface area contributed by atoms with Crippen molar-refractivity contribution >= 4 is 15.9 Å². The van der Waals surface area contributed by atoms with E-state index in [2.05, 4.69) is 0 Å². The smallest absolute Gasteiger partial charge is 0.253 e. The fourth-order valence-corrected chi connectivity index (χ4v) is 4.91. The predicted molar refractivity (Wildman–Crippen MR) is 90.4 cm³/mol. The molecule has 1 aromatic carbocycles. The van der Waals surface area contributed by atoms with Gasteiger partial charge in [0.1, 0.15) is 0 Å². The van der Waals surface area contributed by atoms with Gasteiger partial charge in [-0.2, -0.15) is 4.31 Å². The molecule has 1 aromatic rings. The zero-order valence-corrected chi connectivity index (χ0v) is 14.8. The highest BCUT2D eigenvalue weighted by Gasteiger charge is 2.29. The van der Waals surface area contributed by atoms with Crippen LogP contribution in [0.2, 0.25) is 0 Å². The lowest BCUT2D eigenvalue weighted by Gasteiger charge is -2.31. The van der Waals surface area contributed by atoms with E-state index in [-0.39, 0.29) is 16.9 Å². The first-order chi connectivity index (χ1) is 11.5. The molecule has 2 aliphatic rings. The summed E-state index contributed by atoms with van der Waals surface area (Å²) in [6.45, 7) is 2.40. The van der Waals surface area contributed by atoms with Gasteiger partial charge in [-0.05, 0) is 43.9 Å². The summed E-state index contributed by atoms with van der Waals surface area (Å²) in [5.74, 6) is -0.108. The van der Waals surface area contributed by atoms with Crippen LogP contribution in [0.3, 0.4) is 0 Å². The van der Waals surface area contributed by atoms with E-state index in [0.717, 1.165) is 25.7 Å². The average molecular weight is 352 g/mol. The average Bonchev–Trinajstić information content (AvgIpc) is 3.17. The second kappa shape index (κ2) is 7.21. The Balaban J connectivity index is 1.77. The molecule has 0 unspecified atom stereocenters. The molecule has 0 N–H and O–H groups in total. The lowest BCUT2D eigenvalue weighted by Crippen LogP contribution is -2.40. The fourth-order valence-electron chi connectivity index (χ4n) is 3.34. The molecule has 2 fully saturated rings. The Hall–Kier alpha value is -1.44. The van der Waals surface area contributed by atoms with Gasteiger partial charge in [0.05, 0.1) is 11.0 Å². The predicted octanol–water partition coefficient (Wildman–Crippen LogP) is 1.72. The van der Waals surface area contributed by atoms with Crippen molar-refractivity contribution in [3.05, 3.63) is 29.8 Å². The van der Waals surface area contributed by atoms with E-state index in [0.29, 0.717) is 31.7 Å². The highest BCUT2D eigenvalue weighted by atomic mass is 32.2. The summed E-state index contributed by atoms with van der Waals surface area (Å²) >= 11 is 0. The Bertz CT molecular complexity index is 690. The molecular weight excluding hydrogens is 328 g/mol. The number of methoxy groups -OCH3 is 1. The summed E-state index contributed by atoms with van der Waals surface area (Å²) in [6, 6.07) is 6.42. The van der Waals surface area contributed by atoms with E-state index in [9.17, 15) is 13.2 Å². The monoisotopic (exact) mass is 352 g/mol. The van der Waals surface area contributed by atoms with E-state index in [1.807, 2.05) is 0 Å². The number of hydrogen-bond acceptors (Lipinski definition) is 4. The third-order valence-electron chi connectivity index (χ3n) is 4.85. The molecule has 3 rings (SSSR count). The van der Waals surface area contributed by atoms with Crippen molar-refractivity contribution in [3.63, 3.8) is 0 Å². The summed E-state index contributed by atoms with van der Waals surface area (Å²) in [5, 5.41) is 0. The highest BCUT2D eigenvalue weighted by Crippen LogP contribution is 2.23. The fraction of sp³-hybridized carbons (Fsp3) is 0.588. The Morgan fingerprint density at radius 2 is 1.79 bits per heavy atom. The molecule has 2 aliphatic heterocycles. The molecule has 2 heterocycles. The van der Waals surface area contributed by atoms with Crippen LogP contribution in [0, 0.1) is 0 Å². The number of piperidine rings is 1. The van der Waals surface area contributed by atoms with Gasteiger partial charge in [-0.15, -0.1) is 0 Å². The van der Waals surface area contributed by atoms with Gasteiger partial charge < -0.3 is 9.64 Å². The molecule has 0 aromatic heterocycles. The number of carbonyl (C=O) groups is 1. The third-order valence-corrected chi connectivity index (χ3v) is 6.74. The first-order valence-electron chi connectivity index (χ1n) is 8.44. The third kappa shape index (κ3) is 3.48. The van der Waals surface area contributed by atoms with Gasteiger partial charge in [-0.25, -0.2) is 8.42 Å². The minimum Gasteiger partial charge on any atom is -0.381 e. The van der Waals surface area contributed by atoms with E-state index >= 15 is 0 Å². The zero-order chi connectivity index (χ0) is 17.2. The maximum absolute atomic E-state index is 12.7. The van der Waals surface area contributed by atoms with Gasteiger partial charge >= 0.3 is 0 Å². The SMILES string of the molecule is COC1CCN(C(=O)c2cccc(S(=O)(=O)N3CCCC3)c2)CC1. The van der Waals surface area contributed by atoms with Crippen molar-refractivity contribution in [2.75, 3.05) is 33.3 Å². The van der Waals surface area contributed by atoms with Crippen molar-refractivity contribution in [1.29, 1.82) is 0 Å². The normalized spacial score (nSPS) is 20.5. The summed E-state index contributed by atoms with van der Waals surface area (Å²) in [4.78, 5) is 14.7. The van der Waals surface area contributed by atoms with Crippen LogP contribution in [-0.2, 0) is 14.8 Å². The molecule has 2 saturated heterocycles. The van der Waals surface area contributed by atoms with Crippen molar-refractivity contribution in [1.82, 2.24) is 9.21 Å². The number of rotatable bonds is 4. The van der Waals surface area contributed by atoms with Crippen molar-refractivity contribution in [3.8, 4) is 0 Å². The van der Waals surface area contributed by atoms with Crippen LogP contribution in [0.1, 0.15) is 36.0 Å². The minimum atomic E-state index is -3.50. The number of ether oxygens (including phenoxy) is 1. The van der Waals surface area contributed by atoms with Crippen LogP contribution in [-0.4, -0.2) is 62.9 Å². The highest BCUT2D eigenvalue weighted by molar-refractivity contribution is 7.89. The molecule has 1 amide bonds. The first-order valence-corrected chi connectivity index (χ1v) is 9.88. The van der Waals surface area contributed by atoms with E-state index < -0.39 is 10.0 Å². The van der Waals surface area contributed by atoms with Gasteiger partial charge in [0.2, 0.25) is 10.0 Å². The molecule has 0 spiro atoms. The zero-order valence-electron chi connectivity index (χ0n) is 14.0. The Morgan fingerprint density at radius 1 is 1.12 bits per heavy atom. The van der Waals surface area contributed by atoms with Crippen LogP contribution >= 0.6 is 0 Å². The molecule has 7 heteroatoms. The Morgan fingerprint density at radius 3 is 2.42 bits per heavy atom. The van der Waals surface area contributed by atoms with Crippen LogP contribution in [0.15, 0.2) is 29.2 Å². The maximum atomic E-state index is 12.7. The van der Waals surface area contributed by atoms with Gasteiger partial charge in [0, 0.05) is 38.9 Å². The molecule has 24 heavy (non-hydrogen) atoms. The first kappa shape index (κ1) is 17.4. The molecule has 6 nitrogen and oxygen atoms in total. The largest absolute Gasteiger partial charge is 0.381 e. The second-order valence-electron chi connectivity index (χ2n) is 6.37. The van der Waals surface area contributed by atoms with Gasteiger partial charge in [-0.3, -0.25) is 4.79 Å². The topological polar surface area (TPSA) is 66.9 Å². The molecule has 0 saturated carbocycles. The van der Waals surface area contributed by atoms with Gasteiger partial charge in [-0.1, -0.05) is 6.07 Å². The number of carbonyl (C=O) groups excluding carboxylic acids is 1. The summed E-state index contributed by atoms with van der Waals surface area (Å²) < 4.78 is 32.1. The van der Waals surface area contributed by atoms with Crippen molar-refractivity contribution in [2.45, 2.75) is 36.7 Å². The summed E-state index contributed by atoms with van der Waals surface area (Å²) in [5.41, 5.74) is 0.436. The van der Waals surface area contributed by atoms with Crippen LogP contribution in [0.4, 0.5) is 0 Å². The van der Waals surface area contributed by atoms with Crippen molar-refractivity contribution in [2.24, 2.45) is 0 Å². The van der Waals surface area contributed by atoms with Gasteiger partial charge in [0.25, 0.3) is 5.91 Å². The second-order valence-corrected chi connectivity index (χ2v) is 8.30. The molecule has 132 valence electrons. The maximum Gasteiger partial charge on any atom is 0.253 e. The lowest BCUT2D eigenvalue weighted by molar-refractivity contribution is 0.0350. The molecule has 0 bridgehead atoms. The summed E-state index contributed by atoms with van der Waals surface area (Å²) in [6.07, 6.45) is 3.62. The minimum absolute atomic E-state index is 0.108. The molecular formula is C17H24N2O4S. The molecule has 0 radical (unpaired) electrons. The number of nitrogens with zero attached hydrogens (tertiary/aromatic N) is 2. The number of amides is 1. The van der Waals surface area contributed by atoms with E-state index in [1.54, 1.807) is 30.2 Å². The summed E-state index contributed by atoms with van der Waals surface area (Å²) in [7, 11) is -1.81. The Kier molecular flexibility index (Phi) is 5.22.